The lowest BCUT2D eigenvalue weighted by Gasteiger charge is -2.40. The summed E-state index contributed by atoms with van der Waals surface area (Å²) in [6, 6.07) is 8.31. The first kappa shape index (κ1) is 14.5. The van der Waals surface area contributed by atoms with Gasteiger partial charge in [0.05, 0.1) is 19.3 Å². The number of aromatic nitrogens is 1. The fourth-order valence-corrected chi connectivity index (χ4v) is 3.53. The highest BCUT2D eigenvalue weighted by molar-refractivity contribution is 5.82. The van der Waals surface area contributed by atoms with E-state index in [9.17, 15) is 4.79 Å². The number of carbonyl (C=O) groups excluding carboxylic acids is 1. The number of hydrogen-bond acceptors (Lipinski definition) is 4. The van der Waals surface area contributed by atoms with Gasteiger partial charge in [0.2, 0.25) is 5.91 Å². The molecule has 0 unspecified atom stereocenters. The Hall–Kier alpha value is -2.05. The number of rotatable bonds is 3. The van der Waals surface area contributed by atoms with Crippen LogP contribution in [0, 0.1) is 0 Å². The number of ether oxygens (including phenoxy) is 2. The van der Waals surface area contributed by atoms with Crippen molar-refractivity contribution in [3.8, 4) is 5.75 Å². The van der Waals surface area contributed by atoms with E-state index in [1.807, 2.05) is 18.2 Å². The molecular weight excluding hydrogens is 294 g/mol. The van der Waals surface area contributed by atoms with Gasteiger partial charge in [-0.05, 0) is 30.7 Å². The van der Waals surface area contributed by atoms with Crippen molar-refractivity contribution < 1.29 is 14.3 Å². The molecule has 2 aliphatic rings. The molecule has 2 fully saturated rings. The molecule has 2 aliphatic heterocycles. The number of aromatic amines is 1. The second kappa shape index (κ2) is 5.86. The summed E-state index contributed by atoms with van der Waals surface area (Å²) in [6.45, 7) is 2.85. The first-order valence-corrected chi connectivity index (χ1v) is 8.00. The van der Waals surface area contributed by atoms with Crippen LogP contribution in [0.2, 0.25) is 0 Å². The molecule has 23 heavy (non-hydrogen) atoms. The second-order valence-corrected chi connectivity index (χ2v) is 6.30. The van der Waals surface area contributed by atoms with Gasteiger partial charge in [0.25, 0.3) is 0 Å². The maximum Gasteiger partial charge on any atom is 0.246 e. The van der Waals surface area contributed by atoms with Gasteiger partial charge in [-0.1, -0.05) is 0 Å². The van der Waals surface area contributed by atoms with Gasteiger partial charge in [-0.3, -0.25) is 9.69 Å². The van der Waals surface area contributed by atoms with Crippen LogP contribution in [0.15, 0.2) is 24.3 Å². The Kier molecular flexibility index (Phi) is 3.71. The minimum Gasteiger partial charge on any atom is -0.497 e. The van der Waals surface area contributed by atoms with E-state index in [0.29, 0.717) is 0 Å². The average Bonchev–Trinajstić information content (AvgIpc) is 2.95. The smallest absolute Gasteiger partial charge is 0.246 e. The number of morpholine rings is 1. The normalized spacial score (nSPS) is 25.2. The summed E-state index contributed by atoms with van der Waals surface area (Å²) in [5.41, 5.74) is 2.29. The lowest BCUT2D eigenvalue weighted by Crippen LogP contribution is -2.60. The van der Waals surface area contributed by atoms with E-state index in [2.05, 4.69) is 21.3 Å². The van der Waals surface area contributed by atoms with E-state index in [-0.39, 0.29) is 24.7 Å². The summed E-state index contributed by atoms with van der Waals surface area (Å²) in [5, 5.41) is 4.20. The molecule has 0 aliphatic carbocycles. The number of carbonyl (C=O) groups is 1. The molecule has 6 nitrogen and oxygen atoms in total. The number of hydrogen-bond donors (Lipinski definition) is 2. The van der Waals surface area contributed by atoms with Crippen LogP contribution in [0.5, 0.6) is 5.75 Å². The van der Waals surface area contributed by atoms with E-state index in [0.717, 1.165) is 42.7 Å². The van der Waals surface area contributed by atoms with E-state index < -0.39 is 0 Å². The van der Waals surface area contributed by atoms with Gasteiger partial charge in [-0.2, -0.15) is 0 Å². The van der Waals surface area contributed by atoms with Crippen molar-refractivity contribution in [2.45, 2.75) is 25.1 Å². The number of likely N-dealkylation sites (tertiary alicyclic amines) is 1. The molecule has 1 aromatic heterocycles. The molecule has 2 atom stereocenters. The van der Waals surface area contributed by atoms with Crippen LogP contribution in [-0.4, -0.2) is 54.7 Å². The highest BCUT2D eigenvalue weighted by atomic mass is 16.5. The molecule has 2 N–H and O–H groups in total. The van der Waals surface area contributed by atoms with Gasteiger partial charge < -0.3 is 19.8 Å². The molecule has 3 heterocycles. The monoisotopic (exact) mass is 315 g/mol. The molecule has 0 spiro atoms. The predicted octanol–water partition coefficient (Wildman–Crippen LogP) is 1.27. The zero-order valence-electron chi connectivity index (χ0n) is 13.2. The summed E-state index contributed by atoms with van der Waals surface area (Å²) in [4.78, 5) is 17.3. The molecule has 0 radical (unpaired) electrons. The van der Waals surface area contributed by atoms with Gasteiger partial charge in [-0.15, -0.1) is 0 Å². The number of benzene rings is 1. The van der Waals surface area contributed by atoms with Crippen molar-refractivity contribution in [3.05, 3.63) is 30.0 Å². The molecule has 1 aromatic carbocycles. The Morgan fingerprint density at radius 2 is 2.30 bits per heavy atom. The minimum atomic E-state index is -0.00851. The fraction of sp³-hybridized carbons (Fsp3) is 0.471. The SMILES string of the molecule is COc1ccc2[nH]c(CN3CC[C@@H]4OCC(=O)N[C@H]4C3)cc2c1. The van der Waals surface area contributed by atoms with Crippen molar-refractivity contribution in [2.24, 2.45) is 0 Å². The summed E-state index contributed by atoms with van der Waals surface area (Å²) >= 11 is 0. The predicted molar refractivity (Wildman–Crippen MR) is 86.4 cm³/mol. The average molecular weight is 315 g/mol. The maximum absolute atomic E-state index is 11.5. The number of amides is 1. The van der Waals surface area contributed by atoms with Crippen molar-refractivity contribution >= 4 is 16.8 Å². The summed E-state index contributed by atoms with van der Waals surface area (Å²) < 4.78 is 10.9. The molecule has 6 heteroatoms. The quantitative estimate of drug-likeness (QED) is 0.895. The highest BCUT2D eigenvalue weighted by Gasteiger charge is 2.34. The number of methoxy groups -OCH3 is 1. The zero-order valence-corrected chi connectivity index (χ0v) is 13.2. The lowest BCUT2D eigenvalue weighted by molar-refractivity contribution is -0.140. The third kappa shape index (κ3) is 2.92. The number of nitrogens with zero attached hydrogens (tertiary/aromatic N) is 1. The fourth-order valence-electron chi connectivity index (χ4n) is 3.53. The Balaban J connectivity index is 1.46. The third-order valence-corrected chi connectivity index (χ3v) is 4.69. The number of nitrogens with one attached hydrogen (secondary N) is 2. The number of fused-ring (bicyclic) bond motifs is 2. The first-order valence-electron chi connectivity index (χ1n) is 8.00. The molecule has 0 saturated carbocycles. The van der Waals surface area contributed by atoms with Gasteiger partial charge >= 0.3 is 0 Å². The number of piperidine rings is 1. The Morgan fingerprint density at radius 3 is 3.17 bits per heavy atom. The molecule has 1 amide bonds. The summed E-state index contributed by atoms with van der Waals surface area (Å²) in [7, 11) is 1.68. The van der Waals surface area contributed by atoms with Crippen molar-refractivity contribution in [1.82, 2.24) is 15.2 Å². The van der Waals surface area contributed by atoms with Gasteiger partial charge in [0.1, 0.15) is 12.4 Å². The zero-order chi connectivity index (χ0) is 15.8. The van der Waals surface area contributed by atoms with Crippen LogP contribution in [0.1, 0.15) is 12.1 Å². The van der Waals surface area contributed by atoms with Crippen molar-refractivity contribution in [3.63, 3.8) is 0 Å². The van der Waals surface area contributed by atoms with Gasteiger partial charge in [-0.25, -0.2) is 0 Å². The highest BCUT2D eigenvalue weighted by Crippen LogP contribution is 2.24. The molecule has 0 bridgehead atoms. The van der Waals surface area contributed by atoms with E-state index >= 15 is 0 Å². The van der Waals surface area contributed by atoms with Crippen molar-refractivity contribution in [2.75, 3.05) is 26.8 Å². The van der Waals surface area contributed by atoms with Crippen LogP contribution in [0.3, 0.4) is 0 Å². The summed E-state index contributed by atoms with van der Waals surface area (Å²) in [6.07, 6.45) is 1.12. The maximum atomic E-state index is 11.5. The molecule has 122 valence electrons. The van der Waals surface area contributed by atoms with Gasteiger partial charge in [0.15, 0.2) is 0 Å². The van der Waals surface area contributed by atoms with E-state index in [1.54, 1.807) is 7.11 Å². The Bertz CT molecular complexity index is 727. The lowest BCUT2D eigenvalue weighted by atomic mass is 10.0. The van der Waals surface area contributed by atoms with Crippen LogP contribution >= 0.6 is 0 Å². The molecule has 2 aromatic rings. The van der Waals surface area contributed by atoms with Crippen LogP contribution in [0.25, 0.3) is 10.9 Å². The molecular formula is C17H21N3O3. The van der Waals surface area contributed by atoms with Gasteiger partial charge in [0, 0.05) is 36.2 Å². The first-order chi connectivity index (χ1) is 11.2. The second-order valence-electron chi connectivity index (χ2n) is 6.30. The minimum absolute atomic E-state index is 0.00851. The van der Waals surface area contributed by atoms with Crippen LogP contribution in [0.4, 0.5) is 0 Å². The summed E-state index contributed by atoms with van der Waals surface area (Å²) in [5.74, 6) is 0.858. The van der Waals surface area contributed by atoms with E-state index in [1.165, 1.54) is 5.69 Å². The standard InChI is InChI=1S/C17H21N3O3/c1-22-13-2-3-14-11(7-13)6-12(18-14)8-20-5-4-16-15(9-20)19-17(21)10-23-16/h2-3,6-7,15-16,18H,4-5,8-10H2,1H3,(H,19,21)/t15-,16-/m0/s1. The Morgan fingerprint density at radius 1 is 1.39 bits per heavy atom. The molecule has 4 rings (SSSR count). The largest absolute Gasteiger partial charge is 0.497 e. The third-order valence-electron chi connectivity index (χ3n) is 4.69. The van der Waals surface area contributed by atoms with Crippen LogP contribution in [-0.2, 0) is 16.1 Å². The van der Waals surface area contributed by atoms with Crippen molar-refractivity contribution in [1.29, 1.82) is 0 Å². The van der Waals surface area contributed by atoms with Crippen LogP contribution < -0.4 is 10.1 Å². The number of H-pyrrole nitrogens is 1. The molecule has 2 saturated heterocycles. The van der Waals surface area contributed by atoms with E-state index in [4.69, 9.17) is 9.47 Å². The Labute approximate surface area is 134 Å². The topological polar surface area (TPSA) is 66.6 Å².